The molecule has 0 aromatic carbocycles. The minimum Gasteiger partial charge on any atom is -0.392 e. The monoisotopic (exact) mass is 218 g/mol. The van der Waals surface area contributed by atoms with E-state index >= 15 is 0 Å². The van der Waals surface area contributed by atoms with E-state index in [2.05, 4.69) is 15.9 Å². The molecule has 0 saturated heterocycles. The number of rotatable bonds is 2. The maximum Gasteiger partial charge on any atom is 0.341 e. The van der Waals surface area contributed by atoms with E-state index in [1.54, 1.807) is 0 Å². The van der Waals surface area contributed by atoms with Crippen LogP contribution in [0.25, 0.3) is 0 Å². The molecule has 0 bridgehead atoms. The van der Waals surface area contributed by atoms with Crippen molar-refractivity contribution in [3.8, 4) is 0 Å². The van der Waals surface area contributed by atoms with E-state index in [1.807, 2.05) is 0 Å². The first kappa shape index (κ1) is 9.59. The van der Waals surface area contributed by atoms with Gasteiger partial charge in [-0.05, 0) is 6.92 Å². The Morgan fingerprint density at radius 3 is 1.89 bits per heavy atom. The molecule has 0 aromatic rings. The van der Waals surface area contributed by atoms with Crippen molar-refractivity contribution in [2.24, 2.45) is 0 Å². The zero-order valence-corrected chi connectivity index (χ0v) is 7.21. The second kappa shape index (κ2) is 3.12. The van der Waals surface area contributed by atoms with Gasteiger partial charge in [0.05, 0.1) is 6.10 Å². The van der Waals surface area contributed by atoms with Gasteiger partial charge in [-0.25, -0.2) is 0 Å². The normalized spacial score (nSPS) is 19.2. The molecule has 6 heteroatoms. The Labute approximate surface area is 61.2 Å². The van der Waals surface area contributed by atoms with Crippen LogP contribution in [0.5, 0.6) is 0 Å². The highest BCUT2D eigenvalue weighted by Crippen LogP contribution is 2.46. The lowest BCUT2D eigenvalue weighted by Gasteiger charge is -2.13. The van der Waals surface area contributed by atoms with Crippen molar-refractivity contribution < 1.29 is 19.5 Å². The van der Waals surface area contributed by atoms with Crippen molar-refractivity contribution in [1.82, 2.24) is 0 Å². The number of hydrogen-bond donors (Lipinski definition) is 3. The van der Waals surface area contributed by atoms with Gasteiger partial charge in [0, 0.05) is 0 Å². The summed E-state index contributed by atoms with van der Waals surface area (Å²) in [7, 11) is -4.15. The van der Waals surface area contributed by atoms with Gasteiger partial charge in [-0.2, -0.15) is 0 Å². The summed E-state index contributed by atoms with van der Waals surface area (Å²) in [5.74, 6) is 0. The average molecular weight is 219 g/mol. The largest absolute Gasteiger partial charge is 0.392 e. The fourth-order valence-corrected chi connectivity index (χ4v) is 0.843. The highest BCUT2D eigenvalue weighted by molar-refractivity contribution is 9.10. The SMILES string of the molecule is CC(O)C(Br)P(=O)(O)O. The summed E-state index contributed by atoms with van der Waals surface area (Å²) in [6.45, 7) is 1.30. The Kier molecular flexibility index (Phi) is 3.33. The van der Waals surface area contributed by atoms with Crippen LogP contribution in [0.15, 0.2) is 0 Å². The lowest BCUT2D eigenvalue weighted by Crippen LogP contribution is -2.15. The fraction of sp³-hybridized carbons (Fsp3) is 1.00. The molecule has 2 atom stereocenters. The summed E-state index contributed by atoms with van der Waals surface area (Å²) in [4.78, 5) is 16.7. The Morgan fingerprint density at radius 2 is 1.89 bits per heavy atom. The van der Waals surface area contributed by atoms with Crippen molar-refractivity contribution >= 4 is 23.5 Å². The molecule has 4 nitrogen and oxygen atoms in total. The summed E-state index contributed by atoms with van der Waals surface area (Å²) in [6, 6.07) is 0. The maximum atomic E-state index is 10.3. The molecule has 0 aliphatic heterocycles. The van der Waals surface area contributed by atoms with Gasteiger partial charge in [0.2, 0.25) is 0 Å². The molecule has 0 aliphatic rings. The molecule has 2 unspecified atom stereocenters. The molecule has 56 valence electrons. The van der Waals surface area contributed by atoms with Crippen molar-refractivity contribution in [2.45, 2.75) is 17.6 Å². The van der Waals surface area contributed by atoms with Crippen LogP contribution in [0.1, 0.15) is 6.92 Å². The number of alkyl halides is 1. The summed E-state index contributed by atoms with van der Waals surface area (Å²) in [6.07, 6.45) is -1.04. The second-order valence-corrected chi connectivity index (χ2v) is 5.13. The smallest absolute Gasteiger partial charge is 0.341 e. The van der Waals surface area contributed by atoms with Crippen LogP contribution in [0.2, 0.25) is 0 Å². The minimum atomic E-state index is -4.15. The molecule has 0 amide bonds. The second-order valence-electron chi connectivity index (χ2n) is 1.70. The van der Waals surface area contributed by atoms with Crippen LogP contribution in [-0.2, 0) is 4.57 Å². The number of aliphatic hydroxyl groups is 1. The van der Waals surface area contributed by atoms with E-state index in [0.29, 0.717) is 0 Å². The Morgan fingerprint density at radius 1 is 1.56 bits per heavy atom. The number of hydrogen-bond acceptors (Lipinski definition) is 2. The summed E-state index contributed by atoms with van der Waals surface area (Å²) in [5, 5.41) is 8.62. The highest BCUT2D eigenvalue weighted by Gasteiger charge is 2.29. The predicted molar refractivity (Wildman–Crippen MR) is 36.4 cm³/mol. The highest BCUT2D eigenvalue weighted by atomic mass is 79.9. The molecule has 0 fully saturated rings. The molecule has 0 aromatic heterocycles. The van der Waals surface area contributed by atoms with Gasteiger partial charge in [-0.3, -0.25) is 4.57 Å². The molecule has 0 saturated carbocycles. The molecule has 0 heterocycles. The lowest BCUT2D eigenvalue weighted by molar-refractivity contribution is 0.201. The van der Waals surface area contributed by atoms with Gasteiger partial charge in [0.1, 0.15) is 4.57 Å². The third kappa shape index (κ3) is 3.33. The molecule has 0 rings (SSSR count). The van der Waals surface area contributed by atoms with E-state index < -0.39 is 18.3 Å². The zero-order chi connectivity index (χ0) is 7.65. The molecule has 0 aliphatic carbocycles. The lowest BCUT2D eigenvalue weighted by atomic mass is 10.5. The first-order chi connectivity index (χ1) is 3.85. The average Bonchev–Trinajstić information content (AvgIpc) is 1.62. The van der Waals surface area contributed by atoms with E-state index in [0.717, 1.165) is 0 Å². The topological polar surface area (TPSA) is 77.8 Å². The van der Waals surface area contributed by atoms with Gasteiger partial charge < -0.3 is 14.9 Å². The zero-order valence-electron chi connectivity index (χ0n) is 4.73. The quantitative estimate of drug-likeness (QED) is 0.460. The van der Waals surface area contributed by atoms with Crippen LogP contribution in [0.4, 0.5) is 0 Å². The van der Waals surface area contributed by atoms with E-state index in [4.69, 9.17) is 14.9 Å². The van der Waals surface area contributed by atoms with E-state index in [-0.39, 0.29) is 0 Å². The van der Waals surface area contributed by atoms with Gasteiger partial charge in [-0.1, -0.05) is 15.9 Å². The summed E-state index contributed by atoms with van der Waals surface area (Å²) >= 11 is 2.65. The van der Waals surface area contributed by atoms with Gasteiger partial charge in [0.15, 0.2) is 0 Å². The number of aliphatic hydroxyl groups excluding tert-OH is 1. The van der Waals surface area contributed by atoms with Crippen LogP contribution in [-0.4, -0.2) is 25.6 Å². The van der Waals surface area contributed by atoms with Crippen molar-refractivity contribution in [3.05, 3.63) is 0 Å². The van der Waals surface area contributed by atoms with Crippen LogP contribution in [0, 0.1) is 0 Å². The third-order valence-corrected chi connectivity index (χ3v) is 4.16. The molecule has 0 radical (unpaired) electrons. The van der Waals surface area contributed by atoms with Gasteiger partial charge in [0.25, 0.3) is 0 Å². The standard InChI is InChI=1S/C3H8BrO4P/c1-2(5)3(4)9(6,7)8/h2-3,5H,1H3,(H2,6,7,8). The van der Waals surface area contributed by atoms with Gasteiger partial charge >= 0.3 is 7.60 Å². The first-order valence-electron chi connectivity index (χ1n) is 2.23. The summed E-state index contributed by atoms with van der Waals surface area (Å²) < 4.78 is 9.11. The van der Waals surface area contributed by atoms with Crippen molar-refractivity contribution in [1.29, 1.82) is 0 Å². The fourth-order valence-electron chi connectivity index (χ4n) is 0.281. The van der Waals surface area contributed by atoms with Crippen LogP contribution < -0.4 is 0 Å². The van der Waals surface area contributed by atoms with E-state index in [9.17, 15) is 4.57 Å². The maximum absolute atomic E-state index is 10.3. The number of halogens is 1. The predicted octanol–water partition coefficient (Wildman–Crippen LogP) is 0.266. The third-order valence-electron chi connectivity index (χ3n) is 0.719. The first-order valence-corrected chi connectivity index (χ1v) is 4.83. The van der Waals surface area contributed by atoms with Gasteiger partial charge in [-0.15, -0.1) is 0 Å². The molecular weight excluding hydrogens is 211 g/mol. The molecular formula is C3H8BrO4P. The Hall–Kier alpha value is 0.590. The Bertz CT molecular complexity index is 130. The van der Waals surface area contributed by atoms with Crippen molar-refractivity contribution in [3.63, 3.8) is 0 Å². The molecule has 0 spiro atoms. The van der Waals surface area contributed by atoms with E-state index in [1.165, 1.54) is 6.92 Å². The molecule has 3 N–H and O–H groups in total. The summed E-state index contributed by atoms with van der Waals surface area (Å²) in [5.41, 5.74) is 0. The van der Waals surface area contributed by atoms with Crippen LogP contribution in [0.3, 0.4) is 0 Å². The van der Waals surface area contributed by atoms with Crippen LogP contribution >= 0.6 is 23.5 Å². The molecule has 9 heavy (non-hydrogen) atoms. The minimum absolute atomic E-state index is 1.04. The van der Waals surface area contributed by atoms with Crippen molar-refractivity contribution in [2.75, 3.05) is 0 Å². The Balaban J connectivity index is 4.05.